The van der Waals surface area contributed by atoms with Gasteiger partial charge in [0.25, 0.3) is 11.7 Å². The summed E-state index contributed by atoms with van der Waals surface area (Å²) in [5.41, 5.74) is 1.20. The number of hydrogen-bond donors (Lipinski definition) is 0. The minimum atomic E-state index is -0.226. The fourth-order valence-corrected chi connectivity index (χ4v) is 3.73. The van der Waals surface area contributed by atoms with E-state index in [1.54, 1.807) is 23.4 Å². The molecule has 1 aromatic carbocycles. The largest absolute Gasteiger partial charge is 0.326 e. The van der Waals surface area contributed by atoms with Crippen LogP contribution in [0.4, 0.5) is 0 Å². The SMILES string of the molecule is Cc1nnc2n1[C@H](Cc1ccccc1)CN(C(=O)c1nc3ncccn3n1)C2. The van der Waals surface area contributed by atoms with E-state index < -0.39 is 0 Å². The van der Waals surface area contributed by atoms with Crippen LogP contribution in [0.15, 0.2) is 48.8 Å². The Kier molecular flexibility index (Phi) is 3.85. The number of fused-ring (bicyclic) bond motifs is 2. The van der Waals surface area contributed by atoms with Crippen molar-refractivity contribution in [2.24, 2.45) is 0 Å². The fraction of sp³-hybridized carbons (Fsp3) is 0.263. The van der Waals surface area contributed by atoms with E-state index in [-0.39, 0.29) is 17.8 Å². The van der Waals surface area contributed by atoms with Crippen molar-refractivity contribution in [2.45, 2.75) is 25.9 Å². The van der Waals surface area contributed by atoms with Crippen molar-refractivity contribution in [1.29, 1.82) is 0 Å². The number of carbonyl (C=O) groups is 1. The summed E-state index contributed by atoms with van der Waals surface area (Å²) >= 11 is 0. The third-order valence-electron chi connectivity index (χ3n) is 4.97. The minimum Gasteiger partial charge on any atom is -0.326 e. The molecule has 0 spiro atoms. The van der Waals surface area contributed by atoms with Gasteiger partial charge in [-0.3, -0.25) is 4.79 Å². The van der Waals surface area contributed by atoms with Gasteiger partial charge in [-0.2, -0.15) is 4.98 Å². The summed E-state index contributed by atoms with van der Waals surface area (Å²) in [7, 11) is 0. The summed E-state index contributed by atoms with van der Waals surface area (Å²) in [6.45, 7) is 2.87. The lowest BCUT2D eigenvalue weighted by atomic mass is 10.0. The average Bonchev–Trinajstić information content (AvgIpc) is 3.32. The van der Waals surface area contributed by atoms with Gasteiger partial charge < -0.3 is 9.47 Å². The second-order valence-electron chi connectivity index (χ2n) is 6.86. The molecule has 0 saturated carbocycles. The number of benzene rings is 1. The second kappa shape index (κ2) is 6.52. The molecule has 1 aliphatic rings. The molecule has 1 amide bonds. The predicted octanol–water partition coefficient (Wildman–Crippen LogP) is 1.46. The van der Waals surface area contributed by atoms with Gasteiger partial charge in [-0.25, -0.2) is 9.50 Å². The Morgan fingerprint density at radius 3 is 2.86 bits per heavy atom. The summed E-state index contributed by atoms with van der Waals surface area (Å²) in [5.74, 6) is 1.96. The van der Waals surface area contributed by atoms with Crippen LogP contribution in [-0.4, -0.2) is 51.7 Å². The van der Waals surface area contributed by atoms with E-state index in [2.05, 4.69) is 42.0 Å². The lowest BCUT2D eigenvalue weighted by Crippen LogP contribution is -2.42. The van der Waals surface area contributed by atoms with Crippen molar-refractivity contribution in [3.05, 3.63) is 71.8 Å². The first-order valence-electron chi connectivity index (χ1n) is 9.10. The van der Waals surface area contributed by atoms with Gasteiger partial charge in [-0.15, -0.1) is 15.3 Å². The maximum absolute atomic E-state index is 13.1. The predicted molar refractivity (Wildman–Crippen MR) is 99.5 cm³/mol. The number of aromatic nitrogens is 7. The van der Waals surface area contributed by atoms with Gasteiger partial charge in [0, 0.05) is 18.9 Å². The summed E-state index contributed by atoms with van der Waals surface area (Å²) in [5, 5.41) is 12.8. The zero-order valence-electron chi connectivity index (χ0n) is 15.3. The Morgan fingerprint density at radius 1 is 1.18 bits per heavy atom. The van der Waals surface area contributed by atoms with E-state index >= 15 is 0 Å². The molecule has 0 N–H and O–H groups in total. The van der Waals surface area contributed by atoms with E-state index in [0.29, 0.717) is 18.9 Å². The van der Waals surface area contributed by atoms with E-state index in [1.165, 1.54) is 10.1 Å². The third kappa shape index (κ3) is 2.81. The molecule has 4 heterocycles. The number of nitrogens with zero attached hydrogens (tertiary/aromatic N) is 8. The third-order valence-corrected chi connectivity index (χ3v) is 4.97. The van der Waals surface area contributed by atoms with Crippen molar-refractivity contribution in [1.82, 2.24) is 39.2 Å². The normalized spacial score (nSPS) is 16.3. The maximum atomic E-state index is 13.1. The second-order valence-corrected chi connectivity index (χ2v) is 6.86. The molecular formula is C19H18N8O. The van der Waals surface area contributed by atoms with Crippen LogP contribution in [0.25, 0.3) is 5.78 Å². The number of aryl methyl sites for hydroxylation is 1. The van der Waals surface area contributed by atoms with Gasteiger partial charge in [0.1, 0.15) is 5.82 Å². The lowest BCUT2D eigenvalue weighted by Gasteiger charge is -2.33. The van der Waals surface area contributed by atoms with Crippen molar-refractivity contribution >= 4 is 11.7 Å². The lowest BCUT2D eigenvalue weighted by molar-refractivity contribution is 0.0660. The molecule has 0 saturated heterocycles. The van der Waals surface area contributed by atoms with Crippen LogP contribution in [0.5, 0.6) is 0 Å². The smallest absolute Gasteiger partial charge is 0.294 e. The van der Waals surface area contributed by atoms with Crippen LogP contribution >= 0.6 is 0 Å². The maximum Gasteiger partial charge on any atom is 0.294 e. The number of hydrogen-bond acceptors (Lipinski definition) is 6. The number of rotatable bonds is 3. The molecule has 9 heteroatoms. The summed E-state index contributed by atoms with van der Waals surface area (Å²) in [4.78, 5) is 23.2. The van der Waals surface area contributed by atoms with Crippen molar-refractivity contribution in [3.8, 4) is 0 Å². The Morgan fingerprint density at radius 2 is 2.04 bits per heavy atom. The molecule has 140 valence electrons. The summed E-state index contributed by atoms with van der Waals surface area (Å²) < 4.78 is 3.64. The van der Waals surface area contributed by atoms with Crippen LogP contribution in [0.1, 0.15) is 33.9 Å². The van der Waals surface area contributed by atoms with E-state index in [4.69, 9.17) is 0 Å². The van der Waals surface area contributed by atoms with Gasteiger partial charge in [0.05, 0.1) is 12.6 Å². The van der Waals surface area contributed by atoms with Gasteiger partial charge in [0.15, 0.2) is 5.82 Å². The van der Waals surface area contributed by atoms with E-state index in [9.17, 15) is 4.79 Å². The minimum absolute atomic E-state index is 0.0558. The van der Waals surface area contributed by atoms with Gasteiger partial charge in [-0.1, -0.05) is 30.3 Å². The molecule has 0 unspecified atom stereocenters. The first kappa shape index (κ1) is 16.5. The van der Waals surface area contributed by atoms with Crippen molar-refractivity contribution < 1.29 is 4.79 Å². The van der Waals surface area contributed by atoms with Crippen LogP contribution in [0.2, 0.25) is 0 Å². The van der Waals surface area contributed by atoms with E-state index in [1.807, 2.05) is 25.1 Å². The van der Waals surface area contributed by atoms with Crippen LogP contribution in [0.3, 0.4) is 0 Å². The van der Waals surface area contributed by atoms with Crippen LogP contribution in [-0.2, 0) is 13.0 Å². The molecule has 0 aliphatic carbocycles. The Bertz CT molecular complexity index is 1120. The molecule has 0 bridgehead atoms. The van der Waals surface area contributed by atoms with Crippen molar-refractivity contribution in [2.75, 3.05) is 6.54 Å². The highest BCUT2D eigenvalue weighted by molar-refractivity contribution is 5.90. The standard InChI is InChI=1S/C19H18N8O/c1-13-22-23-16-12-25(11-15(27(13)16)10-14-6-3-2-4-7-14)18(28)17-21-19-20-8-5-9-26(19)24-17/h2-9,15H,10-12H2,1H3/t15-/m1/s1. The molecule has 5 rings (SSSR count). The topological polar surface area (TPSA) is 94.1 Å². The highest BCUT2D eigenvalue weighted by Gasteiger charge is 2.32. The molecular weight excluding hydrogens is 356 g/mol. The Hall–Kier alpha value is -3.62. The molecule has 3 aromatic heterocycles. The van der Waals surface area contributed by atoms with Crippen molar-refractivity contribution in [3.63, 3.8) is 0 Å². The molecule has 0 fully saturated rings. The molecule has 28 heavy (non-hydrogen) atoms. The highest BCUT2D eigenvalue weighted by atomic mass is 16.2. The van der Waals surface area contributed by atoms with Crippen LogP contribution < -0.4 is 0 Å². The van der Waals surface area contributed by atoms with Gasteiger partial charge in [-0.05, 0) is 25.0 Å². The fourth-order valence-electron chi connectivity index (χ4n) is 3.73. The monoisotopic (exact) mass is 374 g/mol. The van der Waals surface area contributed by atoms with Gasteiger partial charge >= 0.3 is 0 Å². The molecule has 0 radical (unpaired) electrons. The Balaban J connectivity index is 1.46. The molecule has 1 atom stereocenters. The average molecular weight is 374 g/mol. The number of carbonyl (C=O) groups excluding carboxylic acids is 1. The summed E-state index contributed by atoms with van der Waals surface area (Å²) in [6.07, 6.45) is 4.14. The van der Waals surface area contributed by atoms with Gasteiger partial charge in [0.2, 0.25) is 5.82 Å². The zero-order valence-corrected chi connectivity index (χ0v) is 15.3. The first-order valence-corrected chi connectivity index (χ1v) is 9.10. The molecule has 4 aromatic rings. The molecule has 1 aliphatic heterocycles. The molecule has 9 nitrogen and oxygen atoms in total. The first-order chi connectivity index (χ1) is 13.7. The quantitative estimate of drug-likeness (QED) is 0.539. The zero-order chi connectivity index (χ0) is 19.1. The van der Waals surface area contributed by atoms with E-state index in [0.717, 1.165) is 18.1 Å². The number of amides is 1. The highest BCUT2D eigenvalue weighted by Crippen LogP contribution is 2.26. The Labute approximate surface area is 160 Å². The van der Waals surface area contributed by atoms with Crippen LogP contribution in [0, 0.1) is 6.92 Å². The summed E-state index contributed by atoms with van der Waals surface area (Å²) in [6, 6.07) is 12.0.